The Bertz CT molecular complexity index is 877. The van der Waals surface area contributed by atoms with Crippen LogP contribution in [-0.4, -0.2) is 21.1 Å². The van der Waals surface area contributed by atoms with Crippen molar-refractivity contribution in [1.29, 1.82) is 0 Å². The molecule has 136 valence electrons. The standard InChI is InChI=1S/C18H19ClN4O2S/c1-2-3-8-17-22-23-18(26-17)21-15(24)9-10-16-20-11-14(25-16)12-6-4-5-7-13(12)19/h4-7,11H,2-3,8-10H2,1H3,(H,21,23,24). The van der Waals surface area contributed by atoms with Gasteiger partial charge in [0.05, 0.1) is 11.2 Å². The molecular formula is C18H19ClN4O2S. The lowest BCUT2D eigenvalue weighted by Crippen LogP contribution is -2.12. The number of amides is 1. The van der Waals surface area contributed by atoms with Gasteiger partial charge in [-0.25, -0.2) is 4.98 Å². The second-order valence-corrected chi connectivity index (χ2v) is 7.22. The summed E-state index contributed by atoms with van der Waals surface area (Å²) < 4.78 is 5.70. The van der Waals surface area contributed by atoms with Gasteiger partial charge in [-0.05, 0) is 18.6 Å². The van der Waals surface area contributed by atoms with Crippen molar-refractivity contribution < 1.29 is 9.21 Å². The van der Waals surface area contributed by atoms with E-state index in [9.17, 15) is 4.79 Å². The highest BCUT2D eigenvalue weighted by molar-refractivity contribution is 7.15. The van der Waals surface area contributed by atoms with Crippen molar-refractivity contribution >= 4 is 34.0 Å². The topological polar surface area (TPSA) is 80.9 Å². The maximum atomic E-state index is 12.1. The number of nitrogens with zero attached hydrogens (tertiary/aromatic N) is 3. The lowest BCUT2D eigenvalue weighted by Gasteiger charge is -2.00. The summed E-state index contributed by atoms with van der Waals surface area (Å²) in [5.41, 5.74) is 0.783. The van der Waals surface area contributed by atoms with E-state index in [0.29, 0.717) is 28.2 Å². The number of benzene rings is 1. The fraction of sp³-hybridized carbons (Fsp3) is 0.333. The van der Waals surface area contributed by atoms with Gasteiger partial charge < -0.3 is 9.73 Å². The van der Waals surface area contributed by atoms with Crippen molar-refractivity contribution in [1.82, 2.24) is 15.2 Å². The summed E-state index contributed by atoms with van der Waals surface area (Å²) in [6.07, 6.45) is 5.35. The predicted octanol–water partition coefficient (Wildman–Crippen LogP) is 4.76. The van der Waals surface area contributed by atoms with Gasteiger partial charge in [0.2, 0.25) is 11.0 Å². The van der Waals surface area contributed by atoms with E-state index in [4.69, 9.17) is 16.0 Å². The lowest BCUT2D eigenvalue weighted by atomic mass is 10.2. The lowest BCUT2D eigenvalue weighted by molar-refractivity contribution is -0.116. The first-order valence-corrected chi connectivity index (χ1v) is 9.67. The van der Waals surface area contributed by atoms with Gasteiger partial charge in [-0.2, -0.15) is 0 Å². The fourth-order valence-corrected chi connectivity index (χ4v) is 3.37. The van der Waals surface area contributed by atoms with Gasteiger partial charge in [-0.15, -0.1) is 10.2 Å². The Kier molecular flexibility index (Phi) is 6.35. The van der Waals surface area contributed by atoms with Crippen molar-refractivity contribution in [2.75, 3.05) is 5.32 Å². The van der Waals surface area contributed by atoms with E-state index in [1.165, 1.54) is 11.3 Å². The minimum absolute atomic E-state index is 0.138. The van der Waals surface area contributed by atoms with Crippen LogP contribution in [0, 0.1) is 0 Å². The zero-order valence-corrected chi connectivity index (χ0v) is 15.9. The molecule has 1 N–H and O–H groups in total. The normalized spacial score (nSPS) is 10.8. The van der Waals surface area contributed by atoms with E-state index in [0.717, 1.165) is 29.8 Å². The number of aromatic nitrogens is 3. The Balaban J connectivity index is 1.52. The number of carbonyl (C=O) groups is 1. The molecule has 0 spiro atoms. The molecule has 8 heteroatoms. The van der Waals surface area contributed by atoms with E-state index >= 15 is 0 Å². The van der Waals surface area contributed by atoms with Crippen molar-refractivity contribution in [3.8, 4) is 11.3 Å². The van der Waals surface area contributed by atoms with Crippen molar-refractivity contribution in [2.24, 2.45) is 0 Å². The number of hydrogen-bond acceptors (Lipinski definition) is 6. The summed E-state index contributed by atoms with van der Waals surface area (Å²) in [7, 11) is 0. The molecule has 3 rings (SSSR count). The Morgan fingerprint density at radius 2 is 2.12 bits per heavy atom. The molecule has 0 fully saturated rings. The first kappa shape index (κ1) is 18.5. The molecule has 0 radical (unpaired) electrons. The van der Waals surface area contributed by atoms with Crippen LogP contribution in [0.2, 0.25) is 5.02 Å². The molecule has 0 atom stereocenters. The second kappa shape index (κ2) is 8.91. The number of hydrogen-bond donors (Lipinski definition) is 1. The predicted molar refractivity (Wildman–Crippen MR) is 102 cm³/mol. The van der Waals surface area contributed by atoms with Crippen LogP contribution in [0.25, 0.3) is 11.3 Å². The van der Waals surface area contributed by atoms with E-state index in [-0.39, 0.29) is 12.3 Å². The zero-order valence-electron chi connectivity index (χ0n) is 14.4. The van der Waals surface area contributed by atoms with Crippen LogP contribution < -0.4 is 5.32 Å². The Hall–Kier alpha value is -2.25. The minimum atomic E-state index is -0.138. The van der Waals surface area contributed by atoms with Gasteiger partial charge in [0, 0.05) is 24.8 Å². The van der Waals surface area contributed by atoms with Crippen LogP contribution in [0.5, 0.6) is 0 Å². The number of oxazole rings is 1. The number of unbranched alkanes of at least 4 members (excludes halogenated alkanes) is 1. The van der Waals surface area contributed by atoms with Crippen LogP contribution in [-0.2, 0) is 17.6 Å². The smallest absolute Gasteiger partial charge is 0.226 e. The molecule has 0 aliphatic carbocycles. The number of anilines is 1. The molecule has 2 aromatic heterocycles. The van der Waals surface area contributed by atoms with Crippen LogP contribution in [0.15, 0.2) is 34.9 Å². The highest BCUT2D eigenvalue weighted by Crippen LogP contribution is 2.28. The average molecular weight is 391 g/mol. The summed E-state index contributed by atoms with van der Waals surface area (Å²) in [6.45, 7) is 2.13. The number of nitrogens with one attached hydrogen (secondary N) is 1. The summed E-state index contributed by atoms with van der Waals surface area (Å²) in [4.78, 5) is 16.3. The first-order chi connectivity index (χ1) is 12.7. The molecule has 1 amide bonds. The van der Waals surface area contributed by atoms with Crippen molar-refractivity contribution in [3.05, 3.63) is 46.4 Å². The zero-order chi connectivity index (χ0) is 18.4. The van der Waals surface area contributed by atoms with E-state index in [1.807, 2.05) is 18.2 Å². The molecule has 0 saturated carbocycles. The molecule has 1 aromatic carbocycles. The highest BCUT2D eigenvalue weighted by atomic mass is 35.5. The summed E-state index contributed by atoms with van der Waals surface area (Å²) in [5.74, 6) is 0.951. The molecule has 6 nitrogen and oxygen atoms in total. The van der Waals surface area contributed by atoms with Gasteiger partial charge in [0.1, 0.15) is 5.01 Å². The second-order valence-electron chi connectivity index (χ2n) is 5.75. The van der Waals surface area contributed by atoms with Gasteiger partial charge in [-0.3, -0.25) is 4.79 Å². The SMILES string of the molecule is CCCCc1nnc(NC(=O)CCc2ncc(-c3ccccc3Cl)o2)s1. The Morgan fingerprint density at radius 1 is 1.27 bits per heavy atom. The monoisotopic (exact) mass is 390 g/mol. The van der Waals surface area contributed by atoms with Gasteiger partial charge >= 0.3 is 0 Å². The highest BCUT2D eigenvalue weighted by Gasteiger charge is 2.12. The number of aryl methyl sites for hydroxylation is 2. The molecule has 0 aliphatic heterocycles. The average Bonchev–Trinajstić information content (AvgIpc) is 3.28. The van der Waals surface area contributed by atoms with Crippen LogP contribution in [0.4, 0.5) is 5.13 Å². The Morgan fingerprint density at radius 3 is 2.92 bits per heavy atom. The van der Waals surface area contributed by atoms with Crippen LogP contribution in [0.1, 0.15) is 37.1 Å². The van der Waals surface area contributed by atoms with Gasteiger partial charge in [0.25, 0.3) is 0 Å². The molecule has 2 heterocycles. The summed E-state index contributed by atoms with van der Waals surface area (Å²) in [6, 6.07) is 7.40. The number of rotatable bonds is 8. The quantitative estimate of drug-likeness (QED) is 0.599. The third kappa shape index (κ3) is 4.89. The maximum absolute atomic E-state index is 12.1. The molecule has 0 bridgehead atoms. The van der Waals surface area contributed by atoms with Crippen molar-refractivity contribution in [2.45, 2.75) is 39.0 Å². The fourth-order valence-electron chi connectivity index (χ4n) is 2.35. The van der Waals surface area contributed by atoms with Gasteiger partial charge in [-0.1, -0.05) is 48.4 Å². The largest absolute Gasteiger partial charge is 0.441 e. The third-order valence-electron chi connectivity index (χ3n) is 3.72. The van der Waals surface area contributed by atoms with Crippen molar-refractivity contribution in [3.63, 3.8) is 0 Å². The van der Waals surface area contributed by atoms with Gasteiger partial charge in [0.15, 0.2) is 11.7 Å². The van der Waals surface area contributed by atoms with E-state index in [2.05, 4.69) is 27.4 Å². The summed E-state index contributed by atoms with van der Waals surface area (Å²) >= 11 is 7.57. The number of carbonyl (C=O) groups excluding carboxylic acids is 1. The first-order valence-electron chi connectivity index (χ1n) is 8.47. The van der Waals surface area contributed by atoms with Crippen LogP contribution >= 0.6 is 22.9 Å². The third-order valence-corrected chi connectivity index (χ3v) is 4.94. The molecule has 3 aromatic rings. The molecule has 0 unspecified atom stereocenters. The minimum Gasteiger partial charge on any atom is -0.441 e. The Labute approximate surface area is 160 Å². The molecule has 0 aliphatic rings. The molecule has 0 saturated heterocycles. The van der Waals surface area contributed by atoms with Crippen LogP contribution in [0.3, 0.4) is 0 Å². The maximum Gasteiger partial charge on any atom is 0.226 e. The number of halogens is 1. The summed E-state index contributed by atoms with van der Waals surface area (Å²) in [5, 5.41) is 12.9. The van der Waals surface area contributed by atoms with E-state index < -0.39 is 0 Å². The molecule has 26 heavy (non-hydrogen) atoms. The molecular weight excluding hydrogens is 372 g/mol. The van der Waals surface area contributed by atoms with E-state index in [1.54, 1.807) is 12.3 Å².